The maximum Gasteiger partial charge on any atom is 0.159 e. The number of phenols is 2. The predicted octanol–water partition coefficient (Wildman–Crippen LogP) is 2.98. The van der Waals surface area contributed by atoms with Gasteiger partial charge in [-0.1, -0.05) is 13.8 Å². The summed E-state index contributed by atoms with van der Waals surface area (Å²) in [6.45, 7) is 5.93. The molecule has 0 aliphatic heterocycles. The van der Waals surface area contributed by atoms with Gasteiger partial charge in [-0.3, -0.25) is 4.98 Å². The molecular weight excluding hydrogens is 190 g/mol. The molecule has 2 N–H and O–H groups in total. The molecule has 1 aromatic heterocycles. The number of aromatic hydroxyl groups is 2. The Morgan fingerprint density at radius 2 is 1.67 bits per heavy atom. The fraction of sp³-hybridized carbons (Fsp3) is 0.250. The first-order valence-corrected chi connectivity index (χ1v) is 4.96. The lowest BCUT2D eigenvalue weighted by Gasteiger charge is -2.02. The Labute approximate surface area is 89.0 Å². The number of phenolic OH excluding ortho intramolecular Hbond substituents is 2. The fourth-order valence-corrected chi connectivity index (χ4v) is 1.31. The minimum absolute atomic E-state index is 0.108. The average molecular weight is 205 g/mol. The summed E-state index contributed by atoms with van der Waals surface area (Å²) in [4.78, 5) is 4.07. The van der Waals surface area contributed by atoms with E-state index in [1.165, 1.54) is 12.1 Å². The fourth-order valence-electron chi connectivity index (χ4n) is 1.31. The van der Waals surface area contributed by atoms with Crippen LogP contribution in [0.15, 0.2) is 24.4 Å². The van der Waals surface area contributed by atoms with Gasteiger partial charge in [0.05, 0.1) is 5.52 Å². The summed E-state index contributed by atoms with van der Waals surface area (Å²) < 4.78 is 0. The molecule has 15 heavy (non-hydrogen) atoms. The van der Waals surface area contributed by atoms with Crippen LogP contribution < -0.4 is 0 Å². The number of hydrogen-bond acceptors (Lipinski definition) is 3. The van der Waals surface area contributed by atoms with E-state index in [4.69, 9.17) is 0 Å². The monoisotopic (exact) mass is 205 g/mol. The van der Waals surface area contributed by atoms with E-state index in [-0.39, 0.29) is 11.5 Å². The van der Waals surface area contributed by atoms with Crippen molar-refractivity contribution in [1.29, 1.82) is 0 Å². The standard InChI is InChI=1S/C10H9NO2.C2H6/c1-6-2-3-11-8-5-10(13)9(12)4-7(6)8;1-2/h2-5,12-13H,1H3;1-2H3. The number of rotatable bonds is 0. The van der Waals surface area contributed by atoms with Crippen LogP contribution in [0.5, 0.6) is 11.5 Å². The molecule has 0 atom stereocenters. The molecule has 3 heteroatoms. The number of aromatic nitrogens is 1. The smallest absolute Gasteiger partial charge is 0.159 e. The van der Waals surface area contributed by atoms with Gasteiger partial charge in [0.15, 0.2) is 11.5 Å². The van der Waals surface area contributed by atoms with Gasteiger partial charge in [-0.05, 0) is 24.6 Å². The Morgan fingerprint density at radius 1 is 1.07 bits per heavy atom. The Balaban J connectivity index is 0.000000531. The first-order valence-electron chi connectivity index (χ1n) is 4.96. The van der Waals surface area contributed by atoms with Crippen molar-refractivity contribution in [3.8, 4) is 11.5 Å². The van der Waals surface area contributed by atoms with E-state index < -0.39 is 0 Å². The molecule has 1 heterocycles. The molecule has 80 valence electrons. The maximum absolute atomic E-state index is 9.26. The first kappa shape index (κ1) is 11.3. The van der Waals surface area contributed by atoms with Crippen molar-refractivity contribution in [2.24, 2.45) is 0 Å². The summed E-state index contributed by atoms with van der Waals surface area (Å²) in [5, 5.41) is 19.3. The van der Waals surface area contributed by atoms with Crippen LogP contribution in [0, 0.1) is 6.92 Å². The van der Waals surface area contributed by atoms with Crippen molar-refractivity contribution in [3.63, 3.8) is 0 Å². The third kappa shape index (κ3) is 2.18. The second kappa shape index (κ2) is 4.64. The lowest BCUT2D eigenvalue weighted by molar-refractivity contribution is 0.405. The molecule has 1 aromatic carbocycles. The van der Waals surface area contributed by atoms with Crippen molar-refractivity contribution in [2.75, 3.05) is 0 Å². The molecule has 0 aliphatic carbocycles. The highest BCUT2D eigenvalue weighted by Gasteiger charge is 2.03. The van der Waals surface area contributed by atoms with Gasteiger partial charge in [-0.15, -0.1) is 0 Å². The molecular formula is C12H15NO2. The third-order valence-corrected chi connectivity index (χ3v) is 2.06. The van der Waals surface area contributed by atoms with Gasteiger partial charge in [0.1, 0.15) is 0 Å². The average Bonchev–Trinajstić information content (AvgIpc) is 2.24. The van der Waals surface area contributed by atoms with Crippen molar-refractivity contribution in [3.05, 3.63) is 30.0 Å². The Kier molecular flexibility index (Phi) is 3.50. The quantitative estimate of drug-likeness (QED) is 0.650. The Morgan fingerprint density at radius 3 is 2.33 bits per heavy atom. The molecule has 2 aromatic rings. The maximum atomic E-state index is 9.26. The van der Waals surface area contributed by atoms with Crippen LogP contribution in [0.4, 0.5) is 0 Å². The molecule has 0 saturated heterocycles. The van der Waals surface area contributed by atoms with E-state index >= 15 is 0 Å². The van der Waals surface area contributed by atoms with Crippen LogP contribution in [-0.4, -0.2) is 15.2 Å². The highest BCUT2D eigenvalue weighted by Crippen LogP contribution is 2.30. The number of nitrogens with zero attached hydrogens (tertiary/aromatic N) is 1. The van der Waals surface area contributed by atoms with Crippen LogP contribution in [0.2, 0.25) is 0 Å². The molecule has 0 radical (unpaired) electrons. The van der Waals surface area contributed by atoms with Gasteiger partial charge >= 0.3 is 0 Å². The topological polar surface area (TPSA) is 53.4 Å². The summed E-state index contributed by atoms with van der Waals surface area (Å²) in [6.07, 6.45) is 1.67. The van der Waals surface area contributed by atoms with Crippen molar-refractivity contribution < 1.29 is 10.2 Å². The van der Waals surface area contributed by atoms with E-state index in [9.17, 15) is 10.2 Å². The Bertz CT molecular complexity index is 466. The van der Waals surface area contributed by atoms with Crippen LogP contribution in [0.1, 0.15) is 19.4 Å². The summed E-state index contributed by atoms with van der Waals surface area (Å²) in [5.41, 5.74) is 1.72. The SMILES string of the molecule is CC.Cc1ccnc2cc(O)c(O)cc12. The zero-order chi connectivity index (χ0) is 11.4. The van der Waals surface area contributed by atoms with E-state index in [2.05, 4.69) is 4.98 Å². The van der Waals surface area contributed by atoms with Crippen LogP contribution in [0.25, 0.3) is 10.9 Å². The molecule has 0 unspecified atom stereocenters. The number of fused-ring (bicyclic) bond motifs is 1. The van der Waals surface area contributed by atoms with Gasteiger partial charge in [0.25, 0.3) is 0 Å². The van der Waals surface area contributed by atoms with Gasteiger partial charge in [0, 0.05) is 17.6 Å². The number of pyridine rings is 1. The molecule has 0 bridgehead atoms. The van der Waals surface area contributed by atoms with E-state index in [1.807, 2.05) is 26.8 Å². The number of hydrogen-bond donors (Lipinski definition) is 2. The molecule has 2 rings (SSSR count). The number of aryl methyl sites for hydroxylation is 1. The van der Waals surface area contributed by atoms with Crippen molar-refractivity contribution in [2.45, 2.75) is 20.8 Å². The lowest BCUT2D eigenvalue weighted by atomic mass is 10.1. The largest absolute Gasteiger partial charge is 0.504 e. The highest BCUT2D eigenvalue weighted by molar-refractivity contribution is 5.85. The molecule has 0 fully saturated rings. The molecule has 0 aliphatic rings. The summed E-state index contributed by atoms with van der Waals surface area (Å²) >= 11 is 0. The van der Waals surface area contributed by atoms with Crippen molar-refractivity contribution in [1.82, 2.24) is 4.98 Å². The normalized spacial score (nSPS) is 9.53. The molecule has 0 saturated carbocycles. The first-order chi connectivity index (χ1) is 7.18. The van der Waals surface area contributed by atoms with Gasteiger partial charge in [0.2, 0.25) is 0 Å². The van der Waals surface area contributed by atoms with Crippen molar-refractivity contribution >= 4 is 10.9 Å². The van der Waals surface area contributed by atoms with E-state index in [0.29, 0.717) is 5.52 Å². The van der Waals surface area contributed by atoms with E-state index in [1.54, 1.807) is 6.20 Å². The zero-order valence-corrected chi connectivity index (χ0v) is 9.15. The van der Waals surface area contributed by atoms with Crippen LogP contribution in [-0.2, 0) is 0 Å². The third-order valence-electron chi connectivity index (χ3n) is 2.06. The van der Waals surface area contributed by atoms with Crippen LogP contribution in [0.3, 0.4) is 0 Å². The minimum atomic E-state index is -0.134. The summed E-state index contributed by atoms with van der Waals surface area (Å²) in [5.74, 6) is -0.241. The zero-order valence-electron chi connectivity index (χ0n) is 9.15. The summed E-state index contributed by atoms with van der Waals surface area (Å²) in [6, 6.07) is 4.84. The minimum Gasteiger partial charge on any atom is -0.504 e. The van der Waals surface area contributed by atoms with Gasteiger partial charge < -0.3 is 10.2 Å². The predicted molar refractivity (Wildman–Crippen MR) is 61.2 cm³/mol. The Hall–Kier alpha value is -1.77. The molecule has 0 spiro atoms. The summed E-state index contributed by atoms with van der Waals surface area (Å²) in [7, 11) is 0. The van der Waals surface area contributed by atoms with Gasteiger partial charge in [-0.25, -0.2) is 0 Å². The highest BCUT2D eigenvalue weighted by atomic mass is 16.3. The molecule has 0 amide bonds. The van der Waals surface area contributed by atoms with Gasteiger partial charge in [-0.2, -0.15) is 0 Å². The molecule has 3 nitrogen and oxygen atoms in total. The second-order valence-corrected chi connectivity index (χ2v) is 2.99. The van der Waals surface area contributed by atoms with E-state index in [0.717, 1.165) is 10.9 Å². The second-order valence-electron chi connectivity index (χ2n) is 2.99. The lowest BCUT2D eigenvalue weighted by Crippen LogP contribution is -1.82. The van der Waals surface area contributed by atoms with Crippen LogP contribution >= 0.6 is 0 Å². The number of benzene rings is 1.